The lowest BCUT2D eigenvalue weighted by atomic mass is 9.90. The van der Waals surface area contributed by atoms with E-state index < -0.39 is 13.9 Å². The highest BCUT2D eigenvalue weighted by Gasteiger charge is 2.28. The Hall–Kier alpha value is -2.88. The van der Waals surface area contributed by atoms with Gasteiger partial charge in [-0.25, -0.2) is 4.57 Å². The minimum atomic E-state index is -3.92. The molecule has 0 aliphatic carbocycles. The van der Waals surface area contributed by atoms with E-state index in [4.69, 9.17) is 20.6 Å². The predicted octanol–water partition coefficient (Wildman–Crippen LogP) is 3.82. The molecule has 0 fully saturated rings. The second-order valence-electron chi connectivity index (χ2n) is 8.84. The van der Waals surface area contributed by atoms with Crippen molar-refractivity contribution in [3.05, 3.63) is 65.2 Å². The average Bonchev–Trinajstić information content (AvgIpc) is 2.90. The SMILES string of the molecule is COP(=O)(O)OCCCCCCNC(=O)CCC(=O)N1Cc2ccccc2C(=N)C(N)c2ccccc21. The summed E-state index contributed by atoms with van der Waals surface area (Å²) in [6.07, 6.45) is 3.09. The Morgan fingerprint density at radius 3 is 2.59 bits per heavy atom. The zero-order valence-corrected chi connectivity index (χ0v) is 21.9. The molecule has 2 aromatic carbocycles. The zero-order chi connectivity index (χ0) is 26.8. The van der Waals surface area contributed by atoms with Gasteiger partial charge in [0, 0.05) is 37.7 Å². The molecule has 200 valence electrons. The maximum atomic E-state index is 13.3. The molecule has 2 atom stereocenters. The van der Waals surface area contributed by atoms with E-state index in [0.717, 1.165) is 37.5 Å². The number of amides is 2. The van der Waals surface area contributed by atoms with Crippen LogP contribution < -0.4 is 16.0 Å². The second kappa shape index (κ2) is 13.6. The van der Waals surface area contributed by atoms with Crippen molar-refractivity contribution < 1.29 is 28.1 Å². The van der Waals surface area contributed by atoms with Crippen LogP contribution >= 0.6 is 7.82 Å². The first-order chi connectivity index (χ1) is 17.7. The highest BCUT2D eigenvalue weighted by Crippen LogP contribution is 2.42. The molecule has 11 heteroatoms. The summed E-state index contributed by atoms with van der Waals surface area (Å²) in [7, 11) is -2.81. The van der Waals surface area contributed by atoms with Gasteiger partial charge < -0.3 is 26.3 Å². The van der Waals surface area contributed by atoms with Crippen LogP contribution in [0.25, 0.3) is 0 Å². The first-order valence-corrected chi connectivity index (χ1v) is 13.8. The number of fused-ring (bicyclic) bond motifs is 2. The molecule has 5 N–H and O–H groups in total. The molecule has 0 radical (unpaired) electrons. The van der Waals surface area contributed by atoms with Crippen LogP contribution in [0.3, 0.4) is 0 Å². The van der Waals surface area contributed by atoms with Gasteiger partial charge in [-0.15, -0.1) is 0 Å². The first kappa shape index (κ1) is 28.7. The predicted molar refractivity (Wildman–Crippen MR) is 141 cm³/mol. The highest BCUT2D eigenvalue weighted by atomic mass is 31.2. The van der Waals surface area contributed by atoms with Crippen molar-refractivity contribution in [2.45, 2.75) is 51.1 Å². The van der Waals surface area contributed by atoms with Gasteiger partial charge in [-0.2, -0.15) is 0 Å². The van der Waals surface area contributed by atoms with Gasteiger partial charge in [0.15, 0.2) is 0 Å². The van der Waals surface area contributed by atoms with E-state index in [1.165, 1.54) is 0 Å². The van der Waals surface area contributed by atoms with Crippen LogP contribution in [0.15, 0.2) is 48.5 Å². The molecule has 1 heterocycles. The number of para-hydroxylation sites is 1. The fourth-order valence-electron chi connectivity index (χ4n) is 4.20. The number of hydrogen-bond acceptors (Lipinski definition) is 7. The molecule has 0 saturated heterocycles. The van der Waals surface area contributed by atoms with Crippen LogP contribution in [0.5, 0.6) is 0 Å². The van der Waals surface area contributed by atoms with E-state index >= 15 is 0 Å². The van der Waals surface area contributed by atoms with Crippen LogP contribution in [-0.4, -0.2) is 42.7 Å². The van der Waals surface area contributed by atoms with Gasteiger partial charge in [0.2, 0.25) is 11.8 Å². The molecule has 0 bridgehead atoms. The Kier molecular flexibility index (Phi) is 10.5. The Balaban J connectivity index is 1.49. The number of phosphoric acid groups is 1. The quantitative estimate of drug-likeness (QED) is 0.240. The van der Waals surface area contributed by atoms with Gasteiger partial charge in [0.1, 0.15) is 0 Å². The summed E-state index contributed by atoms with van der Waals surface area (Å²) >= 11 is 0. The fourth-order valence-corrected chi connectivity index (χ4v) is 4.67. The van der Waals surface area contributed by atoms with Crippen molar-refractivity contribution in [1.29, 1.82) is 5.41 Å². The van der Waals surface area contributed by atoms with Crippen molar-refractivity contribution in [1.82, 2.24) is 5.32 Å². The van der Waals surface area contributed by atoms with Crippen LogP contribution in [0, 0.1) is 5.41 Å². The molecule has 2 unspecified atom stereocenters. The summed E-state index contributed by atoms with van der Waals surface area (Å²) < 4.78 is 20.3. The Morgan fingerprint density at radius 2 is 1.81 bits per heavy atom. The molecule has 1 aliphatic heterocycles. The number of carbonyl (C=O) groups excluding carboxylic acids is 2. The number of unbranched alkanes of at least 4 members (excludes halogenated alkanes) is 3. The topological polar surface area (TPSA) is 155 Å². The van der Waals surface area contributed by atoms with E-state index in [1.54, 1.807) is 4.90 Å². The number of rotatable bonds is 12. The summed E-state index contributed by atoms with van der Waals surface area (Å²) in [6, 6.07) is 14.1. The second-order valence-corrected chi connectivity index (χ2v) is 10.4. The third kappa shape index (κ3) is 8.05. The highest BCUT2D eigenvalue weighted by molar-refractivity contribution is 7.47. The molecule has 3 rings (SSSR count). The van der Waals surface area contributed by atoms with Crippen molar-refractivity contribution in [2.24, 2.45) is 5.73 Å². The van der Waals surface area contributed by atoms with Crippen molar-refractivity contribution in [3.63, 3.8) is 0 Å². The normalized spacial score (nSPS) is 16.7. The zero-order valence-electron chi connectivity index (χ0n) is 21.0. The van der Waals surface area contributed by atoms with E-state index in [9.17, 15) is 14.2 Å². The number of hydrogen-bond donors (Lipinski definition) is 4. The number of anilines is 1. The Bertz CT molecular complexity index is 1160. The van der Waals surface area contributed by atoms with Gasteiger partial charge in [-0.1, -0.05) is 55.3 Å². The summed E-state index contributed by atoms with van der Waals surface area (Å²) in [5.41, 5.74) is 9.66. The summed E-state index contributed by atoms with van der Waals surface area (Å²) in [4.78, 5) is 36.5. The molecular weight excluding hydrogens is 495 g/mol. The largest absolute Gasteiger partial charge is 0.471 e. The van der Waals surface area contributed by atoms with Crippen LogP contribution in [0.4, 0.5) is 5.69 Å². The Labute approximate surface area is 217 Å². The molecule has 0 saturated carbocycles. The van der Waals surface area contributed by atoms with Crippen LogP contribution in [-0.2, 0) is 29.7 Å². The Morgan fingerprint density at radius 1 is 1.11 bits per heavy atom. The van der Waals surface area contributed by atoms with Gasteiger partial charge in [-0.3, -0.25) is 18.6 Å². The maximum absolute atomic E-state index is 13.3. The molecule has 2 amide bonds. The third-order valence-electron chi connectivity index (χ3n) is 6.26. The number of nitrogens with zero attached hydrogens (tertiary/aromatic N) is 1. The van der Waals surface area contributed by atoms with Crippen LogP contribution in [0.2, 0.25) is 0 Å². The molecule has 1 aliphatic rings. The molecule has 10 nitrogen and oxygen atoms in total. The van der Waals surface area contributed by atoms with Crippen molar-refractivity contribution >= 4 is 31.0 Å². The summed E-state index contributed by atoms with van der Waals surface area (Å²) in [5, 5.41) is 11.4. The lowest BCUT2D eigenvalue weighted by Gasteiger charge is -2.31. The summed E-state index contributed by atoms with van der Waals surface area (Å²) in [5.74, 6) is -0.382. The average molecular weight is 531 g/mol. The minimum absolute atomic E-state index is 0.0487. The van der Waals surface area contributed by atoms with Crippen LogP contribution in [0.1, 0.15) is 61.3 Å². The minimum Gasteiger partial charge on any atom is -0.356 e. The molecular formula is C26H35N4O6P. The number of nitrogens with two attached hydrogens (primary N) is 1. The molecule has 37 heavy (non-hydrogen) atoms. The van der Waals surface area contributed by atoms with E-state index in [-0.39, 0.29) is 31.3 Å². The van der Waals surface area contributed by atoms with Gasteiger partial charge in [0.25, 0.3) is 0 Å². The third-order valence-corrected chi connectivity index (χ3v) is 7.23. The molecule has 0 spiro atoms. The fraction of sp³-hybridized carbons (Fsp3) is 0.423. The lowest BCUT2D eigenvalue weighted by Crippen LogP contribution is -2.36. The smallest absolute Gasteiger partial charge is 0.356 e. The van der Waals surface area contributed by atoms with E-state index in [1.807, 2.05) is 48.5 Å². The van der Waals surface area contributed by atoms with Crippen molar-refractivity contribution in [2.75, 3.05) is 25.2 Å². The molecule has 2 aromatic rings. The van der Waals surface area contributed by atoms with Crippen molar-refractivity contribution in [3.8, 4) is 0 Å². The molecule has 0 aromatic heterocycles. The number of carbonyl (C=O) groups is 2. The first-order valence-electron chi connectivity index (χ1n) is 12.3. The van der Waals surface area contributed by atoms with E-state index in [0.29, 0.717) is 36.5 Å². The van der Waals surface area contributed by atoms with Gasteiger partial charge >= 0.3 is 7.82 Å². The summed E-state index contributed by atoms with van der Waals surface area (Å²) in [6.45, 7) is 0.913. The number of benzene rings is 2. The van der Waals surface area contributed by atoms with Gasteiger partial charge in [-0.05, 0) is 30.0 Å². The number of nitrogens with one attached hydrogen (secondary N) is 2. The number of phosphoric ester groups is 1. The monoisotopic (exact) mass is 530 g/mol. The maximum Gasteiger partial charge on any atom is 0.471 e. The van der Waals surface area contributed by atoms with Gasteiger partial charge in [0.05, 0.1) is 24.9 Å². The lowest BCUT2D eigenvalue weighted by molar-refractivity contribution is -0.125. The van der Waals surface area contributed by atoms with E-state index in [2.05, 4.69) is 9.84 Å². The standard InChI is InChI=1S/C26H35N4O6P/c1-35-37(33,34)36-17-9-3-2-8-16-29-23(31)14-15-24(32)30-18-19-10-4-5-11-20(19)25(27)26(28)21-12-6-7-13-22(21)30/h4-7,10-13,26-27H,2-3,8-9,14-18,28H2,1H3,(H,29,31)(H,33,34).